The number of benzene rings is 1. The molecule has 0 aliphatic heterocycles. The van der Waals surface area contributed by atoms with Gasteiger partial charge in [0.25, 0.3) is 0 Å². The average molecular weight is 284 g/mol. The lowest BCUT2D eigenvalue weighted by Gasteiger charge is -2.06. The van der Waals surface area contributed by atoms with E-state index in [4.69, 9.17) is 4.52 Å². The van der Waals surface area contributed by atoms with Gasteiger partial charge in [0.1, 0.15) is 5.78 Å². The van der Waals surface area contributed by atoms with Gasteiger partial charge in [-0.15, -0.1) is 0 Å². The highest BCUT2D eigenvalue weighted by Gasteiger charge is 2.27. The van der Waals surface area contributed by atoms with E-state index in [1.807, 2.05) is 0 Å². The van der Waals surface area contributed by atoms with Crippen LogP contribution in [-0.4, -0.2) is 15.9 Å². The van der Waals surface area contributed by atoms with Crippen LogP contribution in [0.25, 0.3) is 0 Å². The summed E-state index contributed by atoms with van der Waals surface area (Å²) in [6.45, 7) is 2.06. The second-order valence-electron chi connectivity index (χ2n) is 5.83. The number of hydrogen-bond acceptors (Lipinski definition) is 4. The Bertz CT molecular complexity index is 616. The van der Waals surface area contributed by atoms with Gasteiger partial charge in [0.05, 0.1) is 5.92 Å². The molecule has 0 amide bonds. The fourth-order valence-corrected chi connectivity index (χ4v) is 2.79. The first-order valence-electron chi connectivity index (χ1n) is 7.63. The third kappa shape index (κ3) is 3.38. The van der Waals surface area contributed by atoms with Crippen LogP contribution in [0.1, 0.15) is 60.9 Å². The third-order valence-corrected chi connectivity index (χ3v) is 4.07. The first-order valence-corrected chi connectivity index (χ1v) is 7.63. The predicted molar refractivity (Wildman–Crippen MR) is 79.1 cm³/mol. The molecule has 0 spiro atoms. The molecule has 1 atom stereocenters. The number of ketones is 1. The Balaban J connectivity index is 1.73. The van der Waals surface area contributed by atoms with Gasteiger partial charge in [0, 0.05) is 12.8 Å². The van der Waals surface area contributed by atoms with Gasteiger partial charge in [-0.3, -0.25) is 4.79 Å². The standard InChI is InChI=1S/C17H20N2O2/c1-12-7-9-13(10-8-12)11-16-18-17(21-19-16)14-5-3-2-4-6-15(14)20/h7-10,14H,2-6,11H2,1H3. The molecule has 1 aromatic carbocycles. The average Bonchev–Trinajstić information content (AvgIpc) is 2.82. The Labute approximate surface area is 124 Å². The number of aromatic nitrogens is 2. The molecule has 1 aliphatic carbocycles. The molecule has 0 N–H and O–H groups in total. The van der Waals surface area contributed by atoms with Crippen molar-refractivity contribution >= 4 is 5.78 Å². The highest BCUT2D eigenvalue weighted by atomic mass is 16.5. The van der Waals surface area contributed by atoms with Crippen molar-refractivity contribution in [3.63, 3.8) is 0 Å². The van der Waals surface area contributed by atoms with Gasteiger partial charge in [-0.25, -0.2) is 0 Å². The van der Waals surface area contributed by atoms with Gasteiger partial charge >= 0.3 is 0 Å². The van der Waals surface area contributed by atoms with Crippen LogP contribution in [-0.2, 0) is 11.2 Å². The number of Topliss-reactive ketones (excluding diaryl/α,β-unsaturated/α-hetero) is 1. The minimum Gasteiger partial charge on any atom is -0.339 e. The van der Waals surface area contributed by atoms with Gasteiger partial charge in [0.2, 0.25) is 5.89 Å². The maximum Gasteiger partial charge on any atom is 0.237 e. The summed E-state index contributed by atoms with van der Waals surface area (Å²) in [6.07, 6.45) is 5.29. The van der Waals surface area contributed by atoms with Gasteiger partial charge in [-0.05, 0) is 25.3 Å². The van der Waals surface area contributed by atoms with Crippen LogP contribution in [0.4, 0.5) is 0 Å². The lowest BCUT2D eigenvalue weighted by molar-refractivity contribution is -0.120. The molecular weight excluding hydrogens is 264 g/mol. The van der Waals surface area contributed by atoms with Crippen molar-refractivity contribution in [3.8, 4) is 0 Å². The van der Waals surface area contributed by atoms with E-state index in [9.17, 15) is 4.79 Å². The second-order valence-corrected chi connectivity index (χ2v) is 5.83. The minimum absolute atomic E-state index is 0.188. The fourth-order valence-electron chi connectivity index (χ4n) is 2.79. The van der Waals surface area contributed by atoms with Crippen LogP contribution in [0, 0.1) is 6.92 Å². The zero-order chi connectivity index (χ0) is 14.7. The van der Waals surface area contributed by atoms with Crippen molar-refractivity contribution in [2.45, 2.75) is 51.4 Å². The molecule has 110 valence electrons. The van der Waals surface area contributed by atoms with Crippen LogP contribution in [0.3, 0.4) is 0 Å². The highest BCUT2D eigenvalue weighted by molar-refractivity contribution is 5.84. The molecule has 1 unspecified atom stereocenters. The Hall–Kier alpha value is -1.97. The summed E-state index contributed by atoms with van der Waals surface area (Å²) in [5.41, 5.74) is 2.39. The van der Waals surface area contributed by atoms with Crippen molar-refractivity contribution < 1.29 is 9.32 Å². The number of rotatable bonds is 3. The van der Waals surface area contributed by atoms with Crippen molar-refractivity contribution in [3.05, 3.63) is 47.1 Å². The molecule has 1 heterocycles. The summed E-state index contributed by atoms with van der Waals surface area (Å²) < 4.78 is 5.34. The smallest absolute Gasteiger partial charge is 0.237 e. The summed E-state index contributed by atoms with van der Waals surface area (Å²) in [5.74, 6) is 1.22. The minimum atomic E-state index is -0.188. The Morgan fingerprint density at radius 2 is 2.00 bits per heavy atom. The molecule has 1 fully saturated rings. The molecule has 4 nitrogen and oxygen atoms in total. The van der Waals surface area contributed by atoms with E-state index < -0.39 is 0 Å². The lowest BCUT2D eigenvalue weighted by atomic mass is 9.99. The molecule has 1 aliphatic rings. The third-order valence-electron chi connectivity index (χ3n) is 4.07. The van der Waals surface area contributed by atoms with Crippen LogP contribution >= 0.6 is 0 Å². The summed E-state index contributed by atoms with van der Waals surface area (Å²) in [7, 11) is 0. The molecule has 1 aromatic heterocycles. The number of nitrogens with zero attached hydrogens (tertiary/aromatic N) is 2. The van der Waals surface area contributed by atoms with E-state index in [1.165, 1.54) is 5.56 Å². The SMILES string of the molecule is Cc1ccc(Cc2noc(C3CCCCCC3=O)n2)cc1. The monoisotopic (exact) mass is 284 g/mol. The Kier molecular flexibility index (Phi) is 4.13. The molecule has 0 radical (unpaired) electrons. The van der Waals surface area contributed by atoms with E-state index >= 15 is 0 Å². The quantitative estimate of drug-likeness (QED) is 0.808. The largest absolute Gasteiger partial charge is 0.339 e. The molecular formula is C17H20N2O2. The van der Waals surface area contributed by atoms with E-state index in [2.05, 4.69) is 41.3 Å². The number of carbonyl (C=O) groups is 1. The molecule has 3 rings (SSSR count). The van der Waals surface area contributed by atoms with Crippen LogP contribution in [0.5, 0.6) is 0 Å². The van der Waals surface area contributed by atoms with Gasteiger partial charge in [-0.2, -0.15) is 4.98 Å². The molecule has 1 saturated carbocycles. The van der Waals surface area contributed by atoms with E-state index in [0.717, 1.165) is 31.2 Å². The number of aryl methyl sites for hydroxylation is 1. The van der Waals surface area contributed by atoms with E-state index in [0.29, 0.717) is 24.6 Å². The van der Waals surface area contributed by atoms with Crippen LogP contribution in [0.2, 0.25) is 0 Å². The van der Waals surface area contributed by atoms with Gasteiger partial charge in [-0.1, -0.05) is 47.8 Å². The normalized spacial score (nSPS) is 19.5. The predicted octanol–water partition coefficient (Wildman–Crippen LogP) is 3.59. The zero-order valence-electron chi connectivity index (χ0n) is 12.3. The Morgan fingerprint density at radius 3 is 2.81 bits per heavy atom. The topological polar surface area (TPSA) is 56.0 Å². The molecule has 0 bridgehead atoms. The summed E-state index contributed by atoms with van der Waals surface area (Å²) in [6, 6.07) is 8.29. The maximum atomic E-state index is 12.1. The van der Waals surface area contributed by atoms with Crippen LogP contribution < -0.4 is 0 Å². The van der Waals surface area contributed by atoms with Crippen LogP contribution in [0.15, 0.2) is 28.8 Å². The first-order chi connectivity index (χ1) is 10.2. The molecule has 2 aromatic rings. The maximum absolute atomic E-state index is 12.1. The fraction of sp³-hybridized carbons (Fsp3) is 0.471. The number of hydrogen-bond donors (Lipinski definition) is 0. The van der Waals surface area contributed by atoms with Crippen molar-refractivity contribution in [1.29, 1.82) is 0 Å². The molecule has 0 saturated heterocycles. The number of carbonyl (C=O) groups excluding carboxylic acids is 1. The first kappa shape index (κ1) is 14.0. The van der Waals surface area contributed by atoms with E-state index in [-0.39, 0.29) is 11.7 Å². The molecule has 21 heavy (non-hydrogen) atoms. The summed E-state index contributed by atoms with van der Waals surface area (Å²) in [5, 5.41) is 4.04. The van der Waals surface area contributed by atoms with Crippen molar-refractivity contribution in [1.82, 2.24) is 10.1 Å². The lowest BCUT2D eigenvalue weighted by Crippen LogP contribution is -2.10. The van der Waals surface area contributed by atoms with Crippen molar-refractivity contribution in [2.24, 2.45) is 0 Å². The summed E-state index contributed by atoms with van der Waals surface area (Å²) >= 11 is 0. The summed E-state index contributed by atoms with van der Waals surface area (Å²) in [4.78, 5) is 16.5. The zero-order valence-corrected chi connectivity index (χ0v) is 12.3. The second kappa shape index (κ2) is 6.20. The van der Waals surface area contributed by atoms with Gasteiger partial charge in [0.15, 0.2) is 5.82 Å². The van der Waals surface area contributed by atoms with E-state index in [1.54, 1.807) is 0 Å². The molecule has 4 heteroatoms. The highest BCUT2D eigenvalue weighted by Crippen LogP contribution is 2.28. The van der Waals surface area contributed by atoms with Crippen molar-refractivity contribution in [2.75, 3.05) is 0 Å². The Morgan fingerprint density at radius 1 is 1.19 bits per heavy atom. The van der Waals surface area contributed by atoms with Gasteiger partial charge < -0.3 is 4.52 Å².